The molecule has 0 fully saturated rings. The highest BCUT2D eigenvalue weighted by Gasteiger charge is 2.19. The van der Waals surface area contributed by atoms with E-state index in [-0.39, 0.29) is 5.82 Å². The van der Waals surface area contributed by atoms with Gasteiger partial charge in [0.2, 0.25) is 0 Å². The molecular weight excluding hydrogens is 239 g/mol. The Balaban J connectivity index is 1.77. The molecule has 1 aliphatic heterocycles. The number of nitrogen functional groups attached to an aromatic ring is 1. The summed E-state index contributed by atoms with van der Waals surface area (Å²) >= 11 is 0. The molecule has 0 atom stereocenters. The molecule has 0 aromatic heterocycles. The zero-order valence-electron chi connectivity index (χ0n) is 11.0. The number of benzene rings is 2. The molecule has 0 spiro atoms. The summed E-state index contributed by atoms with van der Waals surface area (Å²) in [7, 11) is 0. The van der Waals surface area contributed by atoms with Crippen LogP contribution in [0.15, 0.2) is 36.4 Å². The summed E-state index contributed by atoms with van der Waals surface area (Å²) in [5.41, 5.74) is 11.5. The van der Waals surface area contributed by atoms with Gasteiger partial charge in [0.15, 0.2) is 0 Å². The smallest absolute Gasteiger partial charge is 0.123 e. The van der Waals surface area contributed by atoms with Gasteiger partial charge in [-0.05, 0) is 53.4 Å². The maximum Gasteiger partial charge on any atom is 0.123 e. The summed E-state index contributed by atoms with van der Waals surface area (Å²) in [6.45, 7) is 4.66. The van der Waals surface area contributed by atoms with Crippen LogP contribution in [0.25, 0.3) is 0 Å². The van der Waals surface area contributed by atoms with Gasteiger partial charge in [-0.1, -0.05) is 12.1 Å². The molecule has 19 heavy (non-hydrogen) atoms. The second kappa shape index (κ2) is 4.67. The number of rotatable bonds is 2. The zero-order valence-corrected chi connectivity index (χ0v) is 11.0. The van der Waals surface area contributed by atoms with Gasteiger partial charge in [0.1, 0.15) is 5.82 Å². The summed E-state index contributed by atoms with van der Waals surface area (Å²) in [6.07, 6.45) is 0. The van der Waals surface area contributed by atoms with Crippen molar-refractivity contribution in [2.75, 3.05) is 5.73 Å². The molecule has 1 heterocycles. The maximum absolute atomic E-state index is 13.1. The van der Waals surface area contributed by atoms with Gasteiger partial charge in [-0.15, -0.1) is 0 Å². The number of anilines is 1. The first-order valence-corrected chi connectivity index (χ1v) is 6.46. The molecule has 0 bridgehead atoms. The quantitative estimate of drug-likeness (QED) is 0.836. The molecule has 0 saturated carbocycles. The first-order valence-electron chi connectivity index (χ1n) is 6.46. The number of hydrogen-bond donors (Lipinski definition) is 1. The minimum absolute atomic E-state index is 0.168. The average molecular weight is 256 g/mol. The Kier molecular flexibility index (Phi) is 2.99. The molecule has 3 heteroatoms. The fourth-order valence-electron chi connectivity index (χ4n) is 2.67. The Hall–Kier alpha value is -1.87. The molecule has 3 rings (SSSR count). The van der Waals surface area contributed by atoms with E-state index in [0.717, 1.165) is 30.9 Å². The van der Waals surface area contributed by atoms with E-state index in [4.69, 9.17) is 5.73 Å². The summed E-state index contributed by atoms with van der Waals surface area (Å²) < 4.78 is 13.1. The van der Waals surface area contributed by atoms with E-state index in [2.05, 4.69) is 11.0 Å². The zero-order chi connectivity index (χ0) is 13.4. The predicted molar refractivity (Wildman–Crippen MR) is 74.9 cm³/mol. The van der Waals surface area contributed by atoms with Crippen LogP contribution in [0.2, 0.25) is 0 Å². The van der Waals surface area contributed by atoms with Gasteiger partial charge >= 0.3 is 0 Å². The van der Waals surface area contributed by atoms with Gasteiger partial charge in [0.05, 0.1) is 0 Å². The van der Waals surface area contributed by atoms with Crippen LogP contribution in [0.5, 0.6) is 0 Å². The van der Waals surface area contributed by atoms with E-state index in [0.29, 0.717) is 0 Å². The van der Waals surface area contributed by atoms with Gasteiger partial charge in [-0.2, -0.15) is 0 Å². The van der Waals surface area contributed by atoms with Crippen LogP contribution >= 0.6 is 0 Å². The highest BCUT2D eigenvalue weighted by Crippen LogP contribution is 2.26. The summed E-state index contributed by atoms with van der Waals surface area (Å²) in [4.78, 5) is 2.35. The molecule has 2 nitrogen and oxygen atoms in total. The summed E-state index contributed by atoms with van der Waals surface area (Å²) in [5, 5.41) is 0. The third-order valence-corrected chi connectivity index (χ3v) is 3.72. The van der Waals surface area contributed by atoms with Crippen molar-refractivity contribution in [1.82, 2.24) is 4.90 Å². The molecule has 0 saturated heterocycles. The monoisotopic (exact) mass is 256 g/mol. The summed E-state index contributed by atoms with van der Waals surface area (Å²) in [5.74, 6) is -0.168. The molecule has 0 radical (unpaired) electrons. The lowest BCUT2D eigenvalue weighted by atomic mass is 10.1. The number of fused-ring (bicyclic) bond motifs is 1. The van der Waals surface area contributed by atoms with Crippen molar-refractivity contribution >= 4 is 5.69 Å². The minimum atomic E-state index is -0.168. The SMILES string of the molecule is Cc1cc(F)ccc1CN1Cc2ccc(N)cc2C1. The molecule has 98 valence electrons. The molecule has 2 N–H and O–H groups in total. The Labute approximate surface area is 112 Å². The van der Waals surface area contributed by atoms with Crippen LogP contribution in [0.3, 0.4) is 0 Å². The Morgan fingerprint density at radius 2 is 1.89 bits per heavy atom. The third-order valence-electron chi connectivity index (χ3n) is 3.72. The molecule has 0 aliphatic carbocycles. The van der Waals surface area contributed by atoms with E-state index in [1.165, 1.54) is 22.8 Å². The topological polar surface area (TPSA) is 29.3 Å². The van der Waals surface area contributed by atoms with Crippen LogP contribution < -0.4 is 5.73 Å². The van der Waals surface area contributed by atoms with Crippen molar-refractivity contribution in [2.24, 2.45) is 0 Å². The number of nitrogens with two attached hydrogens (primary N) is 1. The van der Waals surface area contributed by atoms with Gasteiger partial charge < -0.3 is 5.73 Å². The minimum Gasteiger partial charge on any atom is -0.399 e. The number of aryl methyl sites for hydroxylation is 1. The van der Waals surface area contributed by atoms with Crippen molar-refractivity contribution in [3.8, 4) is 0 Å². The lowest BCUT2D eigenvalue weighted by molar-refractivity contribution is 0.275. The molecule has 0 amide bonds. The standard InChI is InChI=1S/C16H17FN2/c1-11-6-15(17)4-2-12(11)8-19-9-13-3-5-16(18)7-14(13)10-19/h2-7H,8-10,18H2,1H3. The van der Waals surface area contributed by atoms with Crippen LogP contribution in [0.1, 0.15) is 22.3 Å². The molecule has 1 aliphatic rings. The lowest BCUT2D eigenvalue weighted by Crippen LogP contribution is -2.16. The van der Waals surface area contributed by atoms with Crippen molar-refractivity contribution in [3.63, 3.8) is 0 Å². The van der Waals surface area contributed by atoms with Crippen molar-refractivity contribution < 1.29 is 4.39 Å². The average Bonchev–Trinajstić information content (AvgIpc) is 2.74. The Morgan fingerprint density at radius 3 is 2.68 bits per heavy atom. The van der Waals surface area contributed by atoms with Crippen molar-refractivity contribution in [3.05, 3.63) is 64.5 Å². The first-order chi connectivity index (χ1) is 9.11. The normalized spacial score (nSPS) is 14.6. The van der Waals surface area contributed by atoms with Gasteiger partial charge in [0.25, 0.3) is 0 Å². The third kappa shape index (κ3) is 2.47. The van der Waals surface area contributed by atoms with Gasteiger partial charge in [-0.3, -0.25) is 4.90 Å². The molecular formula is C16H17FN2. The van der Waals surface area contributed by atoms with Gasteiger partial charge in [0, 0.05) is 25.3 Å². The second-order valence-electron chi connectivity index (χ2n) is 5.24. The highest BCUT2D eigenvalue weighted by atomic mass is 19.1. The maximum atomic E-state index is 13.1. The Bertz CT molecular complexity index is 622. The van der Waals surface area contributed by atoms with Gasteiger partial charge in [-0.25, -0.2) is 4.39 Å². The summed E-state index contributed by atoms with van der Waals surface area (Å²) in [6, 6.07) is 11.1. The fraction of sp³-hybridized carbons (Fsp3) is 0.250. The van der Waals surface area contributed by atoms with Crippen LogP contribution in [-0.4, -0.2) is 4.90 Å². The van der Waals surface area contributed by atoms with Crippen molar-refractivity contribution in [2.45, 2.75) is 26.6 Å². The second-order valence-corrected chi connectivity index (χ2v) is 5.24. The molecule has 2 aromatic rings. The van der Waals surface area contributed by atoms with E-state index < -0.39 is 0 Å². The fourth-order valence-corrected chi connectivity index (χ4v) is 2.67. The highest BCUT2D eigenvalue weighted by molar-refractivity contribution is 5.46. The first kappa shape index (κ1) is 12.2. The van der Waals surface area contributed by atoms with E-state index in [1.807, 2.05) is 25.1 Å². The van der Waals surface area contributed by atoms with E-state index >= 15 is 0 Å². The van der Waals surface area contributed by atoms with Crippen LogP contribution in [-0.2, 0) is 19.6 Å². The van der Waals surface area contributed by atoms with Crippen molar-refractivity contribution in [1.29, 1.82) is 0 Å². The van der Waals surface area contributed by atoms with Crippen LogP contribution in [0, 0.1) is 12.7 Å². The van der Waals surface area contributed by atoms with E-state index in [9.17, 15) is 4.39 Å². The predicted octanol–water partition coefficient (Wildman–Crippen LogP) is 3.23. The largest absolute Gasteiger partial charge is 0.399 e. The molecule has 0 unspecified atom stereocenters. The Morgan fingerprint density at radius 1 is 1.11 bits per heavy atom. The van der Waals surface area contributed by atoms with E-state index in [1.54, 1.807) is 6.07 Å². The number of halogens is 1. The molecule has 2 aromatic carbocycles. The number of hydrogen-bond acceptors (Lipinski definition) is 2. The lowest BCUT2D eigenvalue weighted by Gasteiger charge is -2.16. The van der Waals surface area contributed by atoms with Crippen LogP contribution in [0.4, 0.5) is 10.1 Å². The number of nitrogens with zero attached hydrogens (tertiary/aromatic N) is 1.